The summed E-state index contributed by atoms with van der Waals surface area (Å²) in [5, 5.41) is 3.48. The average molecular weight is 242 g/mol. The van der Waals surface area contributed by atoms with Crippen molar-refractivity contribution in [1.82, 2.24) is 9.88 Å². The second kappa shape index (κ2) is 4.79. The molecule has 0 unspecified atom stereocenters. The van der Waals surface area contributed by atoms with Crippen LogP contribution in [0.2, 0.25) is 0 Å². The summed E-state index contributed by atoms with van der Waals surface area (Å²) in [4.78, 5) is 0. The maximum Gasteiger partial charge on any atom is 0.401 e. The fourth-order valence-electron chi connectivity index (χ4n) is 1.77. The van der Waals surface area contributed by atoms with E-state index in [1.165, 1.54) is 0 Å². The van der Waals surface area contributed by atoms with E-state index < -0.39 is 12.7 Å². The summed E-state index contributed by atoms with van der Waals surface area (Å²) in [5.41, 5.74) is 1.04. The Morgan fingerprint density at radius 2 is 1.88 bits per heavy atom. The lowest BCUT2D eigenvalue weighted by molar-refractivity contribution is -0.124. The molecule has 0 aliphatic carbocycles. The molecule has 0 radical (unpaired) electrons. The Kier molecular flexibility index (Phi) is 3.38. The summed E-state index contributed by atoms with van der Waals surface area (Å²) in [6.45, 7) is -0.103. The molecule has 1 aromatic heterocycles. The summed E-state index contributed by atoms with van der Waals surface area (Å²) in [6.07, 6.45) is -2.25. The van der Waals surface area contributed by atoms with Gasteiger partial charge in [-0.3, -0.25) is 0 Å². The van der Waals surface area contributed by atoms with Crippen LogP contribution in [0.25, 0.3) is 10.9 Å². The van der Waals surface area contributed by atoms with Gasteiger partial charge in [-0.15, -0.1) is 0 Å². The molecule has 92 valence electrons. The number of alkyl halides is 3. The molecule has 0 bridgehead atoms. The molecule has 2 aromatic rings. The van der Waals surface area contributed by atoms with Crippen molar-refractivity contribution in [2.45, 2.75) is 12.7 Å². The molecule has 0 saturated heterocycles. The largest absolute Gasteiger partial charge is 0.401 e. The lowest BCUT2D eigenvalue weighted by Crippen LogP contribution is -2.31. The third-order valence-corrected chi connectivity index (χ3v) is 2.54. The van der Waals surface area contributed by atoms with Crippen molar-refractivity contribution in [2.75, 3.05) is 13.1 Å². The highest BCUT2D eigenvalue weighted by molar-refractivity contribution is 5.79. The molecule has 0 atom stereocenters. The molecule has 1 heterocycles. The predicted molar refractivity (Wildman–Crippen MR) is 60.9 cm³/mol. The zero-order valence-electron chi connectivity index (χ0n) is 9.17. The van der Waals surface area contributed by atoms with Crippen molar-refractivity contribution in [2.24, 2.45) is 0 Å². The minimum atomic E-state index is -4.14. The van der Waals surface area contributed by atoms with Crippen LogP contribution < -0.4 is 5.32 Å². The summed E-state index contributed by atoms with van der Waals surface area (Å²) >= 11 is 0. The quantitative estimate of drug-likeness (QED) is 0.816. The van der Waals surface area contributed by atoms with E-state index in [1.807, 2.05) is 41.1 Å². The first-order chi connectivity index (χ1) is 8.06. The van der Waals surface area contributed by atoms with Gasteiger partial charge < -0.3 is 9.88 Å². The average Bonchev–Trinajstić information content (AvgIpc) is 2.67. The van der Waals surface area contributed by atoms with E-state index in [-0.39, 0.29) is 0 Å². The molecule has 0 aliphatic heterocycles. The van der Waals surface area contributed by atoms with Crippen LogP contribution in [0.3, 0.4) is 0 Å². The number of nitrogens with zero attached hydrogens (tertiary/aromatic N) is 1. The topological polar surface area (TPSA) is 17.0 Å². The Labute approximate surface area is 97.0 Å². The van der Waals surface area contributed by atoms with Gasteiger partial charge in [0.05, 0.1) is 6.54 Å². The van der Waals surface area contributed by atoms with Gasteiger partial charge in [0.2, 0.25) is 0 Å². The molecule has 17 heavy (non-hydrogen) atoms. The van der Waals surface area contributed by atoms with E-state index in [0.29, 0.717) is 13.1 Å². The number of halogens is 3. The van der Waals surface area contributed by atoms with Crippen molar-refractivity contribution in [3.05, 3.63) is 36.5 Å². The number of nitrogens with one attached hydrogen (secondary N) is 1. The van der Waals surface area contributed by atoms with Gasteiger partial charge in [-0.1, -0.05) is 18.2 Å². The molecule has 0 spiro atoms. The van der Waals surface area contributed by atoms with E-state index in [2.05, 4.69) is 5.32 Å². The summed E-state index contributed by atoms with van der Waals surface area (Å²) in [5.74, 6) is 0. The zero-order chi connectivity index (χ0) is 12.3. The Hall–Kier alpha value is -1.49. The van der Waals surface area contributed by atoms with Crippen molar-refractivity contribution in [3.8, 4) is 0 Å². The Bertz CT molecular complexity index is 488. The van der Waals surface area contributed by atoms with E-state index in [9.17, 15) is 13.2 Å². The van der Waals surface area contributed by atoms with Crippen molar-refractivity contribution >= 4 is 10.9 Å². The maximum absolute atomic E-state index is 11.9. The number of hydrogen-bond donors (Lipinski definition) is 1. The number of aromatic nitrogens is 1. The monoisotopic (exact) mass is 242 g/mol. The van der Waals surface area contributed by atoms with Crippen molar-refractivity contribution < 1.29 is 13.2 Å². The first-order valence-electron chi connectivity index (χ1n) is 5.37. The number of para-hydroxylation sites is 1. The van der Waals surface area contributed by atoms with Gasteiger partial charge >= 0.3 is 6.18 Å². The fraction of sp³-hybridized carbons (Fsp3) is 0.333. The number of benzene rings is 1. The van der Waals surface area contributed by atoms with Crippen LogP contribution in [0.4, 0.5) is 13.2 Å². The number of hydrogen-bond acceptors (Lipinski definition) is 1. The molecule has 1 aromatic carbocycles. The molecule has 0 aliphatic rings. The van der Waals surface area contributed by atoms with Gasteiger partial charge in [0.25, 0.3) is 0 Å². The summed E-state index contributed by atoms with van der Waals surface area (Å²) in [6, 6.07) is 9.75. The van der Waals surface area contributed by atoms with Crippen LogP contribution >= 0.6 is 0 Å². The highest BCUT2D eigenvalue weighted by Crippen LogP contribution is 2.15. The number of fused-ring (bicyclic) bond motifs is 1. The molecule has 5 heteroatoms. The fourth-order valence-corrected chi connectivity index (χ4v) is 1.77. The molecule has 0 saturated carbocycles. The lowest BCUT2D eigenvalue weighted by Gasteiger charge is -2.09. The molecular weight excluding hydrogens is 229 g/mol. The van der Waals surface area contributed by atoms with Crippen LogP contribution in [0.15, 0.2) is 36.5 Å². The van der Waals surface area contributed by atoms with Gasteiger partial charge in [0.15, 0.2) is 0 Å². The Morgan fingerprint density at radius 1 is 1.12 bits per heavy atom. The van der Waals surface area contributed by atoms with Gasteiger partial charge in [-0.05, 0) is 17.5 Å². The molecule has 2 rings (SSSR count). The van der Waals surface area contributed by atoms with E-state index in [0.717, 1.165) is 10.9 Å². The van der Waals surface area contributed by atoms with Gasteiger partial charge in [-0.25, -0.2) is 0 Å². The van der Waals surface area contributed by atoms with Gasteiger partial charge in [-0.2, -0.15) is 13.2 Å². The molecule has 0 amide bonds. The highest BCUT2D eigenvalue weighted by atomic mass is 19.4. The van der Waals surface area contributed by atoms with Crippen LogP contribution in [-0.2, 0) is 6.54 Å². The van der Waals surface area contributed by atoms with Crippen molar-refractivity contribution in [1.29, 1.82) is 0 Å². The highest BCUT2D eigenvalue weighted by Gasteiger charge is 2.25. The minimum absolute atomic E-state index is 0.304. The smallest absolute Gasteiger partial charge is 0.346 e. The second-order valence-corrected chi connectivity index (χ2v) is 3.86. The molecule has 0 fully saturated rings. The third-order valence-electron chi connectivity index (χ3n) is 2.54. The number of rotatable bonds is 4. The maximum atomic E-state index is 11.9. The Morgan fingerprint density at radius 3 is 2.65 bits per heavy atom. The molecule has 2 nitrogen and oxygen atoms in total. The predicted octanol–water partition coefficient (Wildman–Crippen LogP) is 2.79. The standard InChI is InChI=1S/C12H13F3N2/c13-12(14,15)9-16-6-8-17-7-5-10-3-1-2-4-11(10)17/h1-5,7,16H,6,8-9H2. The van der Waals surface area contributed by atoms with Gasteiger partial charge in [0.1, 0.15) is 0 Å². The first kappa shape index (κ1) is 12.0. The van der Waals surface area contributed by atoms with Crippen LogP contribution in [0.1, 0.15) is 0 Å². The molecule has 1 N–H and O–H groups in total. The third kappa shape index (κ3) is 3.23. The van der Waals surface area contributed by atoms with E-state index in [4.69, 9.17) is 0 Å². The normalized spacial score (nSPS) is 12.2. The minimum Gasteiger partial charge on any atom is -0.346 e. The van der Waals surface area contributed by atoms with Crippen LogP contribution in [0.5, 0.6) is 0 Å². The molecular formula is C12H13F3N2. The Balaban J connectivity index is 1.91. The summed E-state index contributed by atoms with van der Waals surface area (Å²) in [7, 11) is 0. The SMILES string of the molecule is FC(F)(F)CNCCn1ccc2ccccc21. The second-order valence-electron chi connectivity index (χ2n) is 3.86. The van der Waals surface area contributed by atoms with Gasteiger partial charge in [0, 0.05) is 24.8 Å². The van der Waals surface area contributed by atoms with Crippen molar-refractivity contribution in [3.63, 3.8) is 0 Å². The van der Waals surface area contributed by atoms with Crippen LogP contribution in [0, 0.1) is 0 Å². The first-order valence-corrected chi connectivity index (χ1v) is 5.37. The van der Waals surface area contributed by atoms with Crippen LogP contribution in [-0.4, -0.2) is 23.8 Å². The zero-order valence-corrected chi connectivity index (χ0v) is 9.17. The lowest BCUT2D eigenvalue weighted by atomic mass is 10.2. The summed E-state index contributed by atoms with van der Waals surface area (Å²) < 4.78 is 37.7. The van der Waals surface area contributed by atoms with E-state index >= 15 is 0 Å². The van der Waals surface area contributed by atoms with E-state index in [1.54, 1.807) is 0 Å².